The van der Waals surface area contributed by atoms with Gasteiger partial charge in [-0.25, -0.2) is 4.98 Å². The van der Waals surface area contributed by atoms with Crippen molar-refractivity contribution in [3.63, 3.8) is 0 Å². The molecule has 1 aliphatic heterocycles. The zero-order valence-electron chi connectivity index (χ0n) is 14.5. The van der Waals surface area contributed by atoms with E-state index in [9.17, 15) is 4.79 Å². The molecule has 2 aliphatic rings. The van der Waals surface area contributed by atoms with Gasteiger partial charge in [-0.3, -0.25) is 4.79 Å². The van der Waals surface area contributed by atoms with E-state index in [0.29, 0.717) is 29.2 Å². The normalized spacial score (nSPS) is 24.8. The second kappa shape index (κ2) is 6.19. The van der Waals surface area contributed by atoms with Gasteiger partial charge < -0.3 is 20.5 Å². The highest BCUT2D eigenvalue weighted by Crippen LogP contribution is 2.37. The lowest BCUT2D eigenvalue weighted by atomic mass is 10.1. The second-order valence-electron chi connectivity index (χ2n) is 7.21. The highest BCUT2D eigenvalue weighted by molar-refractivity contribution is 6.01. The molecule has 0 spiro atoms. The molecule has 1 saturated carbocycles. The summed E-state index contributed by atoms with van der Waals surface area (Å²) in [6, 6.07) is 6.00. The van der Waals surface area contributed by atoms with Gasteiger partial charge in [-0.05, 0) is 50.3 Å². The van der Waals surface area contributed by atoms with Gasteiger partial charge in [0.05, 0.1) is 11.7 Å². The molecule has 132 valence electrons. The average Bonchev–Trinajstić information content (AvgIpc) is 3.17. The zero-order chi connectivity index (χ0) is 17.6. The summed E-state index contributed by atoms with van der Waals surface area (Å²) in [6.07, 6.45) is 4.01. The summed E-state index contributed by atoms with van der Waals surface area (Å²) in [5.41, 5.74) is 5.90. The summed E-state index contributed by atoms with van der Waals surface area (Å²) in [5.74, 6) is 1.11. The fourth-order valence-corrected chi connectivity index (χ4v) is 3.89. The van der Waals surface area contributed by atoms with Crippen molar-refractivity contribution in [1.82, 2.24) is 10.3 Å². The fourth-order valence-electron chi connectivity index (χ4n) is 3.89. The Morgan fingerprint density at radius 2 is 2.20 bits per heavy atom. The van der Waals surface area contributed by atoms with Crippen LogP contribution in [0.5, 0.6) is 11.6 Å². The topological polar surface area (TPSA) is 86.5 Å². The van der Waals surface area contributed by atoms with E-state index in [1.807, 2.05) is 26.0 Å². The molecule has 6 heteroatoms. The maximum absolute atomic E-state index is 11.8. The Morgan fingerprint density at radius 1 is 1.36 bits per heavy atom. The standard InChI is InChI=1S/C19H23N3O3/c1-10(2)24-17-8-14-11(6-15(17)18(20)23)3-4-21-19(14)25-16-7-13-5-12(16)9-22-13/h3-4,6,8,10,12-13,16,22H,5,7,9H2,1-2H3,(H2,20,23)/t12-,13+,16-/m0/s1. The van der Waals surface area contributed by atoms with Crippen LogP contribution in [0.15, 0.2) is 24.4 Å². The predicted octanol–water partition coefficient (Wildman–Crippen LogP) is 2.25. The molecule has 1 aromatic carbocycles. The monoisotopic (exact) mass is 341 g/mol. The number of carbonyl (C=O) groups is 1. The van der Waals surface area contributed by atoms with E-state index in [1.54, 1.807) is 12.3 Å². The van der Waals surface area contributed by atoms with Crippen molar-refractivity contribution in [3.05, 3.63) is 30.0 Å². The van der Waals surface area contributed by atoms with Gasteiger partial charge in [-0.2, -0.15) is 0 Å². The molecule has 2 fully saturated rings. The van der Waals surface area contributed by atoms with E-state index < -0.39 is 5.91 Å². The van der Waals surface area contributed by atoms with Crippen molar-refractivity contribution in [1.29, 1.82) is 0 Å². The lowest BCUT2D eigenvalue weighted by Gasteiger charge is -2.24. The van der Waals surface area contributed by atoms with Crippen molar-refractivity contribution < 1.29 is 14.3 Å². The maximum atomic E-state index is 11.8. The molecule has 0 radical (unpaired) electrons. The molecule has 1 aromatic heterocycles. The number of aromatic nitrogens is 1. The zero-order valence-corrected chi connectivity index (χ0v) is 14.5. The number of primary amides is 1. The molecule has 3 atom stereocenters. The Labute approximate surface area is 146 Å². The van der Waals surface area contributed by atoms with Crippen LogP contribution in [0.2, 0.25) is 0 Å². The summed E-state index contributed by atoms with van der Waals surface area (Å²) < 4.78 is 12.1. The van der Waals surface area contributed by atoms with Crippen LogP contribution in [0, 0.1) is 5.92 Å². The summed E-state index contributed by atoms with van der Waals surface area (Å²) in [5, 5.41) is 5.21. The number of carbonyl (C=O) groups excluding carboxylic acids is 1. The minimum Gasteiger partial charge on any atom is -0.490 e. The Kier molecular flexibility index (Phi) is 4.00. The molecule has 1 saturated heterocycles. The van der Waals surface area contributed by atoms with Gasteiger partial charge in [0.2, 0.25) is 5.88 Å². The Hall–Kier alpha value is -2.34. The third-order valence-electron chi connectivity index (χ3n) is 5.02. The molecule has 4 rings (SSSR count). The first-order chi connectivity index (χ1) is 12.0. The number of piperidine rings is 1. The van der Waals surface area contributed by atoms with Gasteiger partial charge in [0.15, 0.2) is 0 Å². The van der Waals surface area contributed by atoms with Crippen LogP contribution in [0.25, 0.3) is 10.8 Å². The third kappa shape index (κ3) is 3.02. The number of nitrogens with two attached hydrogens (primary N) is 1. The minimum atomic E-state index is -0.504. The van der Waals surface area contributed by atoms with E-state index in [0.717, 1.165) is 23.7 Å². The van der Waals surface area contributed by atoms with E-state index in [-0.39, 0.29) is 12.2 Å². The first-order valence-corrected chi connectivity index (χ1v) is 8.80. The molecule has 2 aromatic rings. The number of ether oxygens (including phenoxy) is 2. The third-order valence-corrected chi connectivity index (χ3v) is 5.02. The van der Waals surface area contributed by atoms with E-state index in [2.05, 4.69) is 10.3 Å². The van der Waals surface area contributed by atoms with E-state index >= 15 is 0 Å². The number of nitrogens with zero attached hydrogens (tertiary/aromatic N) is 1. The highest BCUT2D eigenvalue weighted by atomic mass is 16.5. The summed E-state index contributed by atoms with van der Waals surface area (Å²) in [6.45, 7) is 4.84. The van der Waals surface area contributed by atoms with Gasteiger partial charge in [0.25, 0.3) is 5.91 Å². The van der Waals surface area contributed by atoms with Gasteiger partial charge in [-0.15, -0.1) is 0 Å². The highest BCUT2D eigenvalue weighted by Gasteiger charge is 2.41. The van der Waals surface area contributed by atoms with Crippen molar-refractivity contribution in [3.8, 4) is 11.6 Å². The van der Waals surface area contributed by atoms with E-state index in [1.165, 1.54) is 6.42 Å². The van der Waals surface area contributed by atoms with Gasteiger partial charge in [0.1, 0.15) is 11.9 Å². The Balaban J connectivity index is 1.73. The number of pyridine rings is 1. The summed E-state index contributed by atoms with van der Waals surface area (Å²) in [7, 11) is 0. The number of hydrogen-bond donors (Lipinski definition) is 2. The molecule has 2 heterocycles. The lowest BCUT2D eigenvalue weighted by molar-refractivity contribution is 0.0994. The SMILES string of the molecule is CC(C)Oc1cc2c(O[C@H]3C[C@H]4C[C@H]3CN4)nccc2cc1C(N)=O. The second-order valence-corrected chi connectivity index (χ2v) is 7.21. The first-order valence-electron chi connectivity index (χ1n) is 8.80. The van der Waals surface area contributed by atoms with Crippen LogP contribution < -0.4 is 20.5 Å². The van der Waals surface area contributed by atoms with Crippen LogP contribution in [-0.4, -0.2) is 35.7 Å². The first kappa shape index (κ1) is 16.1. The number of hydrogen-bond acceptors (Lipinski definition) is 5. The molecule has 25 heavy (non-hydrogen) atoms. The number of nitrogens with one attached hydrogen (secondary N) is 1. The average molecular weight is 341 g/mol. The molecular formula is C19H23N3O3. The van der Waals surface area contributed by atoms with Crippen LogP contribution in [0.3, 0.4) is 0 Å². The summed E-state index contributed by atoms with van der Waals surface area (Å²) in [4.78, 5) is 16.2. The number of fused-ring (bicyclic) bond motifs is 3. The summed E-state index contributed by atoms with van der Waals surface area (Å²) >= 11 is 0. The largest absolute Gasteiger partial charge is 0.490 e. The van der Waals surface area contributed by atoms with Crippen LogP contribution in [0.4, 0.5) is 0 Å². The molecule has 2 bridgehead atoms. The number of amides is 1. The smallest absolute Gasteiger partial charge is 0.252 e. The maximum Gasteiger partial charge on any atom is 0.252 e. The van der Waals surface area contributed by atoms with Gasteiger partial charge in [-0.1, -0.05) is 0 Å². The van der Waals surface area contributed by atoms with Crippen LogP contribution in [-0.2, 0) is 0 Å². The quantitative estimate of drug-likeness (QED) is 0.871. The molecule has 1 aliphatic carbocycles. The van der Waals surface area contributed by atoms with Gasteiger partial charge >= 0.3 is 0 Å². The minimum absolute atomic E-state index is 0.0618. The van der Waals surface area contributed by atoms with Crippen molar-refractivity contribution in [2.45, 2.75) is 44.9 Å². The predicted molar refractivity (Wildman–Crippen MR) is 95.0 cm³/mol. The molecular weight excluding hydrogens is 318 g/mol. The number of rotatable bonds is 5. The van der Waals surface area contributed by atoms with Crippen molar-refractivity contribution >= 4 is 16.7 Å². The van der Waals surface area contributed by atoms with Crippen molar-refractivity contribution in [2.75, 3.05) is 6.54 Å². The molecule has 0 unspecified atom stereocenters. The lowest BCUT2D eigenvalue weighted by Crippen LogP contribution is -2.35. The van der Waals surface area contributed by atoms with Crippen LogP contribution in [0.1, 0.15) is 37.0 Å². The molecule has 6 nitrogen and oxygen atoms in total. The number of benzene rings is 1. The van der Waals surface area contributed by atoms with Crippen molar-refractivity contribution in [2.24, 2.45) is 11.7 Å². The van der Waals surface area contributed by atoms with E-state index in [4.69, 9.17) is 15.2 Å². The Bertz CT molecular complexity index is 821. The van der Waals surface area contributed by atoms with Gasteiger partial charge in [0, 0.05) is 30.1 Å². The molecule has 1 amide bonds. The fraction of sp³-hybridized carbons (Fsp3) is 0.474. The van der Waals surface area contributed by atoms with Crippen LogP contribution >= 0.6 is 0 Å². The molecule has 3 N–H and O–H groups in total. The Morgan fingerprint density at radius 3 is 2.84 bits per heavy atom.